The fourth-order valence-corrected chi connectivity index (χ4v) is 3.82. The molecule has 0 aliphatic carbocycles. The Kier molecular flexibility index (Phi) is 5.24. The minimum Gasteiger partial charge on any atom is -0.508 e. The fraction of sp³-hybridized carbons (Fsp3) is 0.136. The molecule has 0 bridgehead atoms. The molecule has 2 heterocycles. The van der Waals surface area contributed by atoms with Gasteiger partial charge < -0.3 is 25.9 Å². The second kappa shape index (κ2) is 8.00. The van der Waals surface area contributed by atoms with Crippen molar-refractivity contribution in [2.24, 2.45) is 0 Å². The van der Waals surface area contributed by atoms with Crippen molar-refractivity contribution >= 4 is 35.5 Å². The molecule has 7 nitrogen and oxygen atoms in total. The Balaban J connectivity index is 2.05. The van der Waals surface area contributed by atoms with Gasteiger partial charge in [-0.1, -0.05) is 42.5 Å². The van der Waals surface area contributed by atoms with Crippen LogP contribution in [0.1, 0.15) is 29.5 Å². The van der Waals surface area contributed by atoms with Crippen LogP contribution in [0.25, 0.3) is 5.70 Å². The normalized spacial score (nSPS) is 15.3. The number of benzene rings is 2. The van der Waals surface area contributed by atoms with E-state index in [9.17, 15) is 9.90 Å². The molecule has 0 spiro atoms. The number of fused-ring (bicyclic) bond motifs is 1. The van der Waals surface area contributed by atoms with Crippen LogP contribution in [0.15, 0.2) is 60.2 Å². The maximum Gasteiger partial charge on any atom is 0.337 e. The van der Waals surface area contributed by atoms with E-state index in [1.807, 2.05) is 30.3 Å². The number of phenolic OH excluding ortho intramolecular Hbond substituents is 1. The van der Waals surface area contributed by atoms with Gasteiger partial charge in [-0.05, 0) is 42.4 Å². The second-order valence-electron chi connectivity index (χ2n) is 6.74. The molecule has 5 N–H and O–H groups in total. The first kappa shape index (κ1) is 19.7. The number of carbonyl (C=O) groups is 1. The monoisotopic (exact) mass is 420 g/mol. The Labute approximate surface area is 178 Å². The largest absolute Gasteiger partial charge is 0.508 e. The highest BCUT2D eigenvalue weighted by molar-refractivity contribution is 7.71. The Morgan fingerprint density at radius 2 is 1.90 bits per heavy atom. The number of phenols is 1. The number of rotatable bonds is 4. The highest BCUT2D eigenvalue weighted by Gasteiger charge is 2.37. The van der Waals surface area contributed by atoms with Gasteiger partial charge in [-0.2, -0.15) is 0 Å². The molecule has 152 valence electrons. The quantitative estimate of drug-likeness (QED) is 0.373. The minimum absolute atomic E-state index is 0.122. The zero-order valence-corrected chi connectivity index (χ0v) is 17.0. The second-order valence-corrected chi connectivity index (χ2v) is 7.13. The molecule has 2 aromatic carbocycles. The lowest BCUT2D eigenvalue weighted by molar-refractivity contribution is -0.138. The van der Waals surface area contributed by atoms with Gasteiger partial charge in [0.2, 0.25) is 0 Å². The van der Waals surface area contributed by atoms with E-state index in [0.717, 1.165) is 11.1 Å². The number of aromatic hydroxyl groups is 1. The molecule has 0 radical (unpaired) electrons. The molecule has 1 aliphatic rings. The highest BCUT2D eigenvalue weighted by Crippen LogP contribution is 2.46. The van der Waals surface area contributed by atoms with E-state index in [2.05, 4.69) is 15.3 Å². The molecule has 0 amide bonds. The molecule has 1 unspecified atom stereocenters. The van der Waals surface area contributed by atoms with Gasteiger partial charge in [0, 0.05) is 5.56 Å². The van der Waals surface area contributed by atoms with E-state index in [1.165, 1.54) is 0 Å². The van der Waals surface area contributed by atoms with E-state index in [1.54, 1.807) is 31.2 Å². The predicted octanol–water partition coefficient (Wildman–Crippen LogP) is 3.96. The molecule has 4 rings (SSSR count). The summed E-state index contributed by atoms with van der Waals surface area (Å²) in [6.07, 6.45) is 0. The van der Waals surface area contributed by atoms with Crippen molar-refractivity contribution in [3.05, 3.63) is 81.6 Å². The average Bonchev–Trinajstić information content (AvgIpc) is 2.73. The van der Waals surface area contributed by atoms with Crippen LogP contribution in [-0.2, 0) is 9.53 Å². The zero-order chi connectivity index (χ0) is 21.3. The number of anilines is 2. The van der Waals surface area contributed by atoms with Crippen molar-refractivity contribution in [2.45, 2.75) is 12.8 Å². The SMILES string of the molecule is CCOC(=O)C1=C(c2ccccc2)Nc2nc(=S)[nH]c(N)c2C1c1ccc(O)cc1. The molecule has 1 aliphatic heterocycles. The first-order chi connectivity index (χ1) is 14.5. The number of hydrogen-bond acceptors (Lipinski definition) is 7. The molecule has 0 saturated carbocycles. The van der Waals surface area contributed by atoms with Crippen LogP contribution in [0, 0.1) is 4.77 Å². The van der Waals surface area contributed by atoms with Crippen molar-refractivity contribution < 1.29 is 14.6 Å². The summed E-state index contributed by atoms with van der Waals surface area (Å²) < 4.78 is 5.64. The molecule has 0 fully saturated rings. The average molecular weight is 420 g/mol. The summed E-state index contributed by atoms with van der Waals surface area (Å²) in [6, 6.07) is 16.1. The lowest BCUT2D eigenvalue weighted by atomic mass is 9.80. The molecule has 0 saturated heterocycles. The van der Waals surface area contributed by atoms with Gasteiger partial charge in [0.25, 0.3) is 0 Å². The minimum atomic E-state index is -0.574. The topological polar surface area (TPSA) is 113 Å². The van der Waals surface area contributed by atoms with Gasteiger partial charge in [-0.25, -0.2) is 9.78 Å². The smallest absolute Gasteiger partial charge is 0.337 e. The lowest BCUT2D eigenvalue weighted by Crippen LogP contribution is -2.27. The number of nitrogen functional groups attached to an aromatic ring is 1. The maximum absolute atomic E-state index is 13.2. The van der Waals surface area contributed by atoms with Gasteiger partial charge in [-0.3, -0.25) is 0 Å². The molecular formula is C22H20N4O3S. The first-order valence-corrected chi connectivity index (χ1v) is 9.82. The van der Waals surface area contributed by atoms with Crippen LogP contribution < -0.4 is 11.1 Å². The van der Waals surface area contributed by atoms with E-state index >= 15 is 0 Å². The first-order valence-electron chi connectivity index (χ1n) is 9.42. The number of esters is 1. The third-order valence-electron chi connectivity index (χ3n) is 4.87. The number of ether oxygens (including phenoxy) is 1. The Bertz CT molecular complexity index is 1190. The summed E-state index contributed by atoms with van der Waals surface area (Å²) in [5.74, 6) is -0.132. The standard InChI is InChI=1S/C22H20N4O3S/c1-2-29-21(28)16-15(12-8-10-14(27)11-9-12)17-19(23)25-22(30)26-20(17)24-18(16)13-6-4-3-5-7-13/h3-11,15,27H,2H2,1H3,(H4,23,24,25,26,30). The predicted molar refractivity (Wildman–Crippen MR) is 117 cm³/mol. The highest BCUT2D eigenvalue weighted by atomic mass is 32.1. The van der Waals surface area contributed by atoms with Crippen LogP contribution in [0.3, 0.4) is 0 Å². The number of nitrogens with two attached hydrogens (primary N) is 1. The number of aromatic amines is 1. The lowest BCUT2D eigenvalue weighted by Gasteiger charge is -2.31. The van der Waals surface area contributed by atoms with Gasteiger partial charge in [0.1, 0.15) is 17.4 Å². The van der Waals surface area contributed by atoms with E-state index in [4.69, 9.17) is 22.7 Å². The number of hydrogen-bond donors (Lipinski definition) is 4. The summed E-state index contributed by atoms with van der Waals surface area (Å²) >= 11 is 5.21. The summed E-state index contributed by atoms with van der Waals surface area (Å²) in [4.78, 5) is 20.4. The third kappa shape index (κ3) is 3.53. The number of H-pyrrole nitrogens is 1. The number of carbonyl (C=O) groups excluding carboxylic acids is 1. The van der Waals surface area contributed by atoms with Gasteiger partial charge in [0.05, 0.1) is 23.8 Å². The van der Waals surface area contributed by atoms with Gasteiger partial charge in [0.15, 0.2) is 4.77 Å². The van der Waals surface area contributed by atoms with E-state index < -0.39 is 11.9 Å². The van der Waals surface area contributed by atoms with Gasteiger partial charge in [-0.15, -0.1) is 0 Å². The molecule has 3 aromatic rings. The Morgan fingerprint density at radius 3 is 2.57 bits per heavy atom. The Morgan fingerprint density at radius 1 is 1.20 bits per heavy atom. The molecule has 1 aromatic heterocycles. The van der Waals surface area contributed by atoms with Crippen LogP contribution in [-0.4, -0.2) is 27.7 Å². The number of nitrogens with zero attached hydrogens (tertiary/aromatic N) is 1. The summed E-state index contributed by atoms with van der Waals surface area (Å²) in [6.45, 7) is 1.98. The number of nitrogens with one attached hydrogen (secondary N) is 2. The summed E-state index contributed by atoms with van der Waals surface area (Å²) in [5, 5.41) is 13.0. The zero-order valence-electron chi connectivity index (χ0n) is 16.2. The van der Waals surface area contributed by atoms with Crippen molar-refractivity contribution in [1.29, 1.82) is 0 Å². The van der Waals surface area contributed by atoms with Crippen LogP contribution in [0.5, 0.6) is 5.75 Å². The van der Waals surface area contributed by atoms with Crippen LogP contribution in [0.4, 0.5) is 11.6 Å². The van der Waals surface area contributed by atoms with E-state index in [0.29, 0.717) is 28.5 Å². The van der Waals surface area contributed by atoms with E-state index in [-0.39, 0.29) is 17.1 Å². The van der Waals surface area contributed by atoms with Crippen LogP contribution >= 0.6 is 12.2 Å². The fourth-order valence-electron chi connectivity index (χ4n) is 3.62. The number of aromatic nitrogens is 2. The third-order valence-corrected chi connectivity index (χ3v) is 5.07. The summed E-state index contributed by atoms with van der Waals surface area (Å²) in [7, 11) is 0. The molecule has 30 heavy (non-hydrogen) atoms. The molecule has 8 heteroatoms. The maximum atomic E-state index is 13.2. The molecular weight excluding hydrogens is 400 g/mol. The van der Waals surface area contributed by atoms with Crippen LogP contribution in [0.2, 0.25) is 0 Å². The van der Waals surface area contributed by atoms with Crippen molar-refractivity contribution in [1.82, 2.24) is 9.97 Å². The summed E-state index contributed by atoms with van der Waals surface area (Å²) in [5.41, 5.74) is 9.42. The van der Waals surface area contributed by atoms with Gasteiger partial charge >= 0.3 is 5.97 Å². The van der Waals surface area contributed by atoms with Crippen molar-refractivity contribution in [3.63, 3.8) is 0 Å². The van der Waals surface area contributed by atoms with Crippen molar-refractivity contribution in [3.8, 4) is 5.75 Å². The Hall–Kier alpha value is -3.65. The molecule has 1 atom stereocenters. The van der Waals surface area contributed by atoms with Crippen molar-refractivity contribution in [2.75, 3.05) is 17.7 Å².